The Labute approximate surface area is 156 Å². The predicted octanol–water partition coefficient (Wildman–Crippen LogP) is 2.36. The van der Waals surface area contributed by atoms with Crippen LogP contribution in [-0.4, -0.2) is 40.8 Å². The number of nitrogens with two attached hydrogens (primary N) is 1. The van der Waals surface area contributed by atoms with E-state index < -0.39 is 5.54 Å². The first-order valence-electron chi connectivity index (χ1n) is 6.86. The second kappa shape index (κ2) is 9.42. The summed E-state index contributed by atoms with van der Waals surface area (Å²) in [5, 5.41) is 2.65. The molecule has 1 aliphatic carbocycles. The van der Waals surface area contributed by atoms with Crippen molar-refractivity contribution in [2.45, 2.75) is 31.2 Å². The second-order valence-electron chi connectivity index (χ2n) is 5.43. The van der Waals surface area contributed by atoms with Gasteiger partial charge in [0.2, 0.25) is 11.8 Å². The molecular weight excluding hydrogens is 407 g/mol. The zero-order chi connectivity index (χ0) is 15.5. The van der Waals surface area contributed by atoms with Crippen molar-refractivity contribution in [2.75, 3.05) is 18.9 Å². The van der Waals surface area contributed by atoms with Gasteiger partial charge in [0.25, 0.3) is 0 Å². The Bertz CT molecular complexity index is 536. The summed E-state index contributed by atoms with van der Waals surface area (Å²) < 4.78 is 0.833. The fourth-order valence-electron chi connectivity index (χ4n) is 2.52. The van der Waals surface area contributed by atoms with E-state index in [0.717, 1.165) is 17.3 Å². The normalized spacial score (nSPS) is 15.1. The monoisotopic (exact) mass is 426 g/mol. The fraction of sp³-hybridized carbons (Fsp3) is 0.500. The minimum Gasteiger partial charge on any atom is -0.335 e. The molecule has 0 aliphatic heterocycles. The summed E-state index contributed by atoms with van der Waals surface area (Å²) >= 11 is 3.27. The van der Waals surface area contributed by atoms with E-state index in [1.54, 1.807) is 25.4 Å². The van der Waals surface area contributed by atoms with Crippen molar-refractivity contribution in [1.29, 1.82) is 0 Å². The van der Waals surface area contributed by atoms with Crippen molar-refractivity contribution in [2.24, 2.45) is 5.73 Å². The van der Waals surface area contributed by atoms with E-state index in [-0.39, 0.29) is 43.2 Å². The number of pyridine rings is 1. The van der Waals surface area contributed by atoms with Crippen LogP contribution in [0, 0.1) is 0 Å². The highest BCUT2D eigenvalue weighted by Crippen LogP contribution is 2.28. The molecule has 1 saturated carbocycles. The number of likely N-dealkylation sites (N-methyl/N-ethyl adjacent to an activating group) is 1. The first-order valence-corrected chi connectivity index (χ1v) is 7.66. The molecule has 3 N–H and O–H groups in total. The van der Waals surface area contributed by atoms with Gasteiger partial charge in [-0.15, -0.1) is 24.8 Å². The molecule has 1 aliphatic rings. The first kappa shape index (κ1) is 22.1. The Balaban J connectivity index is 0.00000242. The summed E-state index contributed by atoms with van der Waals surface area (Å²) in [6.07, 6.45) is 4.90. The average molecular weight is 428 g/mol. The van der Waals surface area contributed by atoms with Gasteiger partial charge >= 0.3 is 0 Å². The molecule has 0 spiro atoms. The van der Waals surface area contributed by atoms with Crippen LogP contribution in [0.1, 0.15) is 25.7 Å². The number of anilines is 1. The topological polar surface area (TPSA) is 88.3 Å². The second-order valence-corrected chi connectivity index (χ2v) is 6.35. The van der Waals surface area contributed by atoms with Crippen LogP contribution < -0.4 is 11.1 Å². The molecule has 0 atom stereocenters. The molecule has 1 fully saturated rings. The number of carbonyl (C=O) groups excluding carboxylic acids is 2. The van der Waals surface area contributed by atoms with E-state index in [0.29, 0.717) is 18.7 Å². The molecule has 0 saturated heterocycles. The highest BCUT2D eigenvalue weighted by Gasteiger charge is 2.39. The molecule has 0 radical (unpaired) electrons. The summed E-state index contributed by atoms with van der Waals surface area (Å²) in [4.78, 5) is 29.7. The number of aromatic nitrogens is 1. The quantitative estimate of drug-likeness (QED) is 0.771. The molecule has 2 rings (SSSR count). The molecule has 1 aromatic rings. The standard InChI is InChI=1S/C14H19BrN4O2.2ClH/c1-19(13(21)14(16)6-2-3-7-14)9-12(20)18-11-5-4-10(15)8-17-11;;/h4-5,8H,2-3,6-7,9,16H2,1H3,(H,17,18,20);2*1H. The smallest absolute Gasteiger partial charge is 0.245 e. The van der Waals surface area contributed by atoms with Crippen molar-refractivity contribution in [3.05, 3.63) is 22.8 Å². The number of rotatable bonds is 4. The van der Waals surface area contributed by atoms with Crippen LogP contribution in [-0.2, 0) is 9.59 Å². The Morgan fingerprint density at radius 3 is 2.48 bits per heavy atom. The van der Waals surface area contributed by atoms with Gasteiger partial charge in [-0.2, -0.15) is 0 Å². The summed E-state index contributed by atoms with van der Waals surface area (Å²) in [6, 6.07) is 3.47. The van der Waals surface area contributed by atoms with Gasteiger partial charge in [0.15, 0.2) is 0 Å². The van der Waals surface area contributed by atoms with Gasteiger partial charge in [0, 0.05) is 17.7 Å². The Morgan fingerprint density at radius 1 is 1.35 bits per heavy atom. The van der Waals surface area contributed by atoms with Crippen LogP contribution in [0.3, 0.4) is 0 Å². The molecule has 1 heterocycles. The van der Waals surface area contributed by atoms with Crippen molar-refractivity contribution in [3.63, 3.8) is 0 Å². The molecule has 6 nitrogen and oxygen atoms in total. The summed E-state index contributed by atoms with van der Waals surface area (Å²) in [5.41, 5.74) is 5.31. The largest absolute Gasteiger partial charge is 0.335 e. The lowest BCUT2D eigenvalue weighted by atomic mass is 9.97. The van der Waals surface area contributed by atoms with Crippen LogP contribution in [0.25, 0.3) is 0 Å². The van der Waals surface area contributed by atoms with Crippen LogP contribution >= 0.6 is 40.7 Å². The fourth-order valence-corrected chi connectivity index (χ4v) is 2.75. The lowest BCUT2D eigenvalue weighted by Crippen LogP contribution is -2.53. The maximum absolute atomic E-state index is 12.3. The van der Waals surface area contributed by atoms with Crippen molar-refractivity contribution < 1.29 is 9.59 Å². The van der Waals surface area contributed by atoms with Gasteiger partial charge in [0.1, 0.15) is 5.82 Å². The van der Waals surface area contributed by atoms with E-state index in [4.69, 9.17) is 5.73 Å². The Hall–Kier alpha value is -0.890. The molecule has 0 unspecified atom stereocenters. The molecule has 23 heavy (non-hydrogen) atoms. The summed E-state index contributed by atoms with van der Waals surface area (Å²) in [6.45, 7) is -0.0322. The zero-order valence-corrected chi connectivity index (χ0v) is 16.0. The maximum Gasteiger partial charge on any atom is 0.245 e. The minimum absolute atomic E-state index is 0. The lowest BCUT2D eigenvalue weighted by molar-refractivity contribution is -0.138. The third-order valence-corrected chi connectivity index (χ3v) is 4.11. The van der Waals surface area contributed by atoms with Crippen LogP contribution in [0.2, 0.25) is 0 Å². The Kier molecular flexibility index (Phi) is 9.05. The summed E-state index contributed by atoms with van der Waals surface area (Å²) in [7, 11) is 1.60. The van der Waals surface area contributed by atoms with Gasteiger partial charge in [-0.25, -0.2) is 4.98 Å². The lowest BCUT2D eigenvalue weighted by Gasteiger charge is -2.28. The number of halogens is 3. The average Bonchev–Trinajstić information content (AvgIpc) is 2.88. The number of hydrogen-bond acceptors (Lipinski definition) is 4. The highest BCUT2D eigenvalue weighted by atomic mass is 79.9. The van der Waals surface area contributed by atoms with Crippen LogP contribution in [0.4, 0.5) is 5.82 Å². The van der Waals surface area contributed by atoms with Gasteiger partial charge in [-0.3, -0.25) is 9.59 Å². The van der Waals surface area contributed by atoms with Crippen molar-refractivity contribution in [1.82, 2.24) is 9.88 Å². The Morgan fingerprint density at radius 2 is 1.96 bits per heavy atom. The van der Waals surface area contributed by atoms with E-state index in [2.05, 4.69) is 26.2 Å². The van der Waals surface area contributed by atoms with E-state index >= 15 is 0 Å². The summed E-state index contributed by atoms with van der Waals surface area (Å²) in [5.74, 6) is -0.00596. The van der Waals surface area contributed by atoms with Crippen molar-refractivity contribution >= 4 is 58.4 Å². The van der Waals surface area contributed by atoms with Crippen LogP contribution in [0.5, 0.6) is 0 Å². The number of hydrogen-bond donors (Lipinski definition) is 2. The third kappa shape index (κ3) is 5.91. The molecule has 130 valence electrons. The van der Waals surface area contributed by atoms with Gasteiger partial charge < -0.3 is 16.0 Å². The molecule has 9 heteroatoms. The minimum atomic E-state index is -0.801. The maximum atomic E-state index is 12.3. The van der Waals surface area contributed by atoms with Crippen molar-refractivity contribution in [3.8, 4) is 0 Å². The number of carbonyl (C=O) groups is 2. The van der Waals surface area contributed by atoms with E-state index in [1.165, 1.54) is 4.90 Å². The number of nitrogens with one attached hydrogen (secondary N) is 1. The number of nitrogens with zero attached hydrogens (tertiary/aromatic N) is 2. The van der Waals surface area contributed by atoms with Crippen LogP contribution in [0.15, 0.2) is 22.8 Å². The molecule has 2 amide bonds. The van der Waals surface area contributed by atoms with E-state index in [1.807, 2.05) is 0 Å². The predicted molar refractivity (Wildman–Crippen MR) is 98.1 cm³/mol. The van der Waals surface area contributed by atoms with Gasteiger partial charge in [-0.1, -0.05) is 12.8 Å². The van der Waals surface area contributed by atoms with Gasteiger partial charge in [-0.05, 0) is 40.9 Å². The third-order valence-electron chi connectivity index (χ3n) is 3.64. The SMILES string of the molecule is CN(CC(=O)Nc1ccc(Br)cn1)C(=O)C1(N)CCCC1.Cl.Cl. The molecule has 0 bridgehead atoms. The van der Waals surface area contributed by atoms with E-state index in [9.17, 15) is 9.59 Å². The van der Waals surface area contributed by atoms with Gasteiger partial charge in [0.05, 0.1) is 12.1 Å². The molecular formula is C14H21BrCl2N4O2. The molecule has 1 aromatic heterocycles. The number of amides is 2. The molecule has 0 aromatic carbocycles. The first-order chi connectivity index (χ1) is 9.90. The highest BCUT2D eigenvalue weighted by molar-refractivity contribution is 9.10. The zero-order valence-electron chi connectivity index (χ0n) is 12.8.